The molecule has 0 saturated heterocycles. The molecule has 1 heterocycles. The van der Waals surface area contributed by atoms with Gasteiger partial charge in [-0.25, -0.2) is 9.97 Å². The number of ether oxygens (including phenoxy) is 1. The van der Waals surface area contributed by atoms with E-state index >= 15 is 0 Å². The standard InChI is InChI=1S/C15H11N3O/c1-2-19-14-10-17-15(18-11-14)13-7-5-12(6-8-13)4-3-9-16/h5-8,10-11H,2H2,1H3. The molecule has 1 aromatic carbocycles. The Hall–Kier alpha value is -2.85. The normalized spacial score (nSPS) is 9.05. The Morgan fingerprint density at radius 3 is 2.42 bits per heavy atom. The first-order valence-corrected chi connectivity index (χ1v) is 5.79. The zero-order chi connectivity index (χ0) is 13.5. The van der Waals surface area contributed by atoms with Gasteiger partial charge in [0, 0.05) is 17.0 Å². The van der Waals surface area contributed by atoms with E-state index in [-0.39, 0.29) is 0 Å². The van der Waals surface area contributed by atoms with Crippen molar-refractivity contribution >= 4 is 0 Å². The van der Waals surface area contributed by atoms with E-state index in [1.54, 1.807) is 18.5 Å². The third-order valence-electron chi connectivity index (χ3n) is 2.34. The van der Waals surface area contributed by atoms with E-state index in [0.717, 1.165) is 11.1 Å². The maximum Gasteiger partial charge on any atom is 0.159 e. The van der Waals surface area contributed by atoms with Crippen LogP contribution in [-0.2, 0) is 0 Å². The maximum atomic E-state index is 8.37. The van der Waals surface area contributed by atoms with Crippen molar-refractivity contribution in [2.75, 3.05) is 6.61 Å². The fourth-order valence-corrected chi connectivity index (χ4v) is 1.51. The average molecular weight is 249 g/mol. The van der Waals surface area contributed by atoms with Crippen molar-refractivity contribution in [1.29, 1.82) is 5.26 Å². The molecule has 0 bridgehead atoms. The topological polar surface area (TPSA) is 58.8 Å². The number of hydrogen-bond acceptors (Lipinski definition) is 4. The van der Waals surface area contributed by atoms with Crippen molar-refractivity contribution in [1.82, 2.24) is 9.97 Å². The number of nitrogens with zero attached hydrogens (tertiary/aromatic N) is 3. The second-order valence-corrected chi connectivity index (χ2v) is 3.61. The van der Waals surface area contributed by atoms with Gasteiger partial charge in [-0.2, -0.15) is 5.26 Å². The van der Waals surface area contributed by atoms with Gasteiger partial charge in [0.15, 0.2) is 17.6 Å². The van der Waals surface area contributed by atoms with Crippen LogP contribution in [0.1, 0.15) is 12.5 Å². The molecule has 0 N–H and O–H groups in total. The molecule has 19 heavy (non-hydrogen) atoms. The van der Waals surface area contributed by atoms with Crippen LogP contribution in [0.25, 0.3) is 11.4 Å². The van der Waals surface area contributed by atoms with E-state index in [0.29, 0.717) is 18.2 Å². The molecule has 0 aliphatic rings. The Labute approximate surface area is 111 Å². The van der Waals surface area contributed by atoms with Crippen LogP contribution in [0.5, 0.6) is 5.75 Å². The molecule has 4 nitrogen and oxygen atoms in total. The summed E-state index contributed by atoms with van der Waals surface area (Å²) in [5, 5.41) is 8.37. The summed E-state index contributed by atoms with van der Waals surface area (Å²) < 4.78 is 5.29. The van der Waals surface area contributed by atoms with Crippen LogP contribution in [0, 0.1) is 23.2 Å². The van der Waals surface area contributed by atoms with E-state index in [4.69, 9.17) is 10.00 Å². The van der Waals surface area contributed by atoms with Gasteiger partial charge in [0.05, 0.1) is 19.0 Å². The van der Waals surface area contributed by atoms with Crippen molar-refractivity contribution in [2.45, 2.75) is 6.92 Å². The molecule has 2 aromatic rings. The lowest BCUT2D eigenvalue weighted by atomic mass is 10.1. The Morgan fingerprint density at radius 1 is 1.16 bits per heavy atom. The molecule has 0 spiro atoms. The monoisotopic (exact) mass is 249 g/mol. The number of rotatable bonds is 3. The second kappa shape index (κ2) is 6.18. The van der Waals surface area contributed by atoms with Crippen LogP contribution in [0.2, 0.25) is 0 Å². The van der Waals surface area contributed by atoms with Gasteiger partial charge in [0.25, 0.3) is 0 Å². The highest BCUT2D eigenvalue weighted by molar-refractivity contribution is 5.57. The van der Waals surface area contributed by atoms with Crippen LogP contribution < -0.4 is 4.74 Å². The van der Waals surface area contributed by atoms with Crippen LogP contribution >= 0.6 is 0 Å². The quantitative estimate of drug-likeness (QED) is 0.784. The van der Waals surface area contributed by atoms with Crippen molar-refractivity contribution in [3.05, 3.63) is 42.2 Å². The highest BCUT2D eigenvalue weighted by Crippen LogP contribution is 2.17. The maximum absolute atomic E-state index is 8.37. The Balaban J connectivity index is 2.20. The smallest absolute Gasteiger partial charge is 0.159 e. The van der Waals surface area contributed by atoms with Crippen molar-refractivity contribution in [3.8, 4) is 35.0 Å². The minimum absolute atomic E-state index is 0.592. The molecule has 0 aliphatic carbocycles. The summed E-state index contributed by atoms with van der Waals surface area (Å²) in [5.74, 6) is 6.36. The summed E-state index contributed by atoms with van der Waals surface area (Å²) in [4.78, 5) is 8.47. The molecule has 0 fully saturated rings. The molecule has 1 aromatic heterocycles. The largest absolute Gasteiger partial charge is 0.491 e. The molecule has 0 radical (unpaired) electrons. The summed E-state index contributed by atoms with van der Waals surface area (Å²) in [6, 6.07) is 9.19. The lowest BCUT2D eigenvalue weighted by molar-refractivity contribution is 0.337. The first kappa shape index (κ1) is 12.6. The molecule has 2 rings (SSSR count). The third kappa shape index (κ3) is 3.31. The molecule has 0 atom stereocenters. The molecule has 0 aliphatic heterocycles. The van der Waals surface area contributed by atoms with Crippen molar-refractivity contribution < 1.29 is 4.74 Å². The van der Waals surface area contributed by atoms with Crippen molar-refractivity contribution in [2.24, 2.45) is 0 Å². The van der Waals surface area contributed by atoms with Gasteiger partial charge in [-0.15, -0.1) is 0 Å². The fourth-order valence-electron chi connectivity index (χ4n) is 1.51. The highest BCUT2D eigenvalue weighted by atomic mass is 16.5. The highest BCUT2D eigenvalue weighted by Gasteiger charge is 2.01. The van der Waals surface area contributed by atoms with E-state index < -0.39 is 0 Å². The molecule has 0 amide bonds. The molecule has 0 unspecified atom stereocenters. The zero-order valence-corrected chi connectivity index (χ0v) is 10.4. The zero-order valence-electron chi connectivity index (χ0n) is 10.4. The predicted molar refractivity (Wildman–Crippen MR) is 71.1 cm³/mol. The first-order chi connectivity index (χ1) is 9.33. The minimum Gasteiger partial charge on any atom is -0.491 e. The van der Waals surface area contributed by atoms with Crippen LogP contribution in [0.15, 0.2) is 36.7 Å². The van der Waals surface area contributed by atoms with Gasteiger partial charge >= 0.3 is 0 Å². The van der Waals surface area contributed by atoms with E-state index in [1.807, 2.05) is 31.2 Å². The molecular weight excluding hydrogens is 238 g/mol. The molecule has 92 valence electrons. The molecular formula is C15H11N3O. The second-order valence-electron chi connectivity index (χ2n) is 3.61. The number of benzene rings is 1. The summed E-state index contributed by atoms with van der Waals surface area (Å²) >= 11 is 0. The summed E-state index contributed by atoms with van der Waals surface area (Å²) in [6.45, 7) is 2.50. The minimum atomic E-state index is 0.592. The molecule has 4 heteroatoms. The lowest BCUT2D eigenvalue weighted by Crippen LogP contribution is -1.94. The van der Waals surface area contributed by atoms with Gasteiger partial charge in [0.2, 0.25) is 0 Å². The van der Waals surface area contributed by atoms with Gasteiger partial charge in [0.1, 0.15) is 0 Å². The summed E-state index contributed by atoms with van der Waals surface area (Å²) in [7, 11) is 0. The third-order valence-corrected chi connectivity index (χ3v) is 2.34. The summed E-state index contributed by atoms with van der Waals surface area (Å²) in [5.41, 5.74) is 1.68. The number of nitriles is 1. The number of hydrogen-bond donors (Lipinski definition) is 0. The Kier molecular flexibility index (Phi) is 4.10. The van der Waals surface area contributed by atoms with Gasteiger partial charge in [-0.1, -0.05) is 5.92 Å². The van der Waals surface area contributed by atoms with Crippen LogP contribution in [0.3, 0.4) is 0 Å². The first-order valence-electron chi connectivity index (χ1n) is 5.79. The van der Waals surface area contributed by atoms with E-state index in [1.165, 1.54) is 0 Å². The van der Waals surface area contributed by atoms with Crippen LogP contribution in [-0.4, -0.2) is 16.6 Å². The number of aromatic nitrogens is 2. The van der Waals surface area contributed by atoms with Gasteiger partial charge < -0.3 is 4.74 Å². The van der Waals surface area contributed by atoms with Gasteiger partial charge in [-0.3, -0.25) is 0 Å². The van der Waals surface area contributed by atoms with Crippen LogP contribution in [0.4, 0.5) is 0 Å². The van der Waals surface area contributed by atoms with E-state index in [9.17, 15) is 0 Å². The van der Waals surface area contributed by atoms with Crippen molar-refractivity contribution in [3.63, 3.8) is 0 Å². The van der Waals surface area contributed by atoms with E-state index in [2.05, 4.69) is 21.8 Å². The SMILES string of the molecule is CCOc1cnc(-c2ccc(C#CC#N)cc2)nc1. The van der Waals surface area contributed by atoms with Gasteiger partial charge in [-0.05, 0) is 31.2 Å². The average Bonchev–Trinajstić information content (AvgIpc) is 2.47. The fraction of sp³-hybridized carbons (Fsp3) is 0.133. The Morgan fingerprint density at radius 2 is 1.84 bits per heavy atom. The Bertz CT molecular complexity index is 643. The molecule has 0 saturated carbocycles. The lowest BCUT2D eigenvalue weighted by Gasteiger charge is -2.03. The predicted octanol–water partition coefficient (Wildman–Crippen LogP) is 2.42. The summed E-state index contributed by atoms with van der Waals surface area (Å²) in [6.07, 6.45) is 3.30.